The number of nitrogens with zero attached hydrogens (tertiary/aromatic N) is 2. The fraction of sp³-hybridized carbons (Fsp3) is 0.625. The molecule has 1 aromatic carbocycles. The third-order valence-corrected chi connectivity index (χ3v) is 7.48. The van der Waals surface area contributed by atoms with Gasteiger partial charge in [0.1, 0.15) is 17.2 Å². The summed E-state index contributed by atoms with van der Waals surface area (Å²) < 4.78 is 35.7. The van der Waals surface area contributed by atoms with Crippen LogP contribution in [-0.2, 0) is 9.63 Å². The van der Waals surface area contributed by atoms with E-state index >= 15 is 4.39 Å². The Kier molecular flexibility index (Phi) is 6.05. The maximum absolute atomic E-state index is 15.7. The van der Waals surface area contributed by atoms with E-state index in [1.54, 1.807) is 11.0 Å². The highest BCUT2D eigenvalue weighted by Crippen LogP contribution is 2.41. The molecule has 1 amide bonds. The minimum atomic E-state index is -1.78. The van der Waals surface area contributed by atoms with Gasteiger partial charge in [0.25, 0.3) is 5.91 Å². The second kappa shape index (κ2) is 8.85. The Balaban J connectivity index is 1.22. The van der Waals surface area contributed by atoms with E-state index in [1.165, 1.54) is 19.2 Å². The lowest BCUT2D eigenvalue weighted by atomic mass is 9.85. The molecule has 0 unspecified atom stereocenters. The van der Waals surface area contributed by atoms with E-state index in [2.05, 4.69) is 15.7 Å². The van der Waals surface area contributed by atoms with Crippen molar-refractivity contribution in [2.75, 3.05) is 52.9 Å². The second-order valence-corrected chi connectivity index (χ2v) is 9.75. The molecule has 4 heterocycles. The number of nitrogens with one attached hydrogen (secondary N) is 2. The maximum atomic E-state index is 15.7. The Hall–Kier alpha value is -2.23. The molecule has 33 heavy (non-hydrogen) atoms. The van der Waals surface area contributed by atoms with Gasteiger partial charge in [-0.15, -0.1) is 0 Å². The summed E-state index contributed by atoms with van der Waals surface area (Å²) in [7, 11) is 1.50. The van der Waals surface area contributed by atoms with Crippen LogP contribution >= 0.6 is 0 Å². The van der Waals surface area contributed by atoms with E-state index < -0.39 is 11.3 Å². The van der Waals surface area contributed by atoms with Crippen LogP contribution in [0.1, 0.15) is 31.2 Å². The zero-order valence-corrected chi connectivity index (χ0v) is 19.0. The first kappa shape index (κ1) is 22.6. The Bertz CT molecular complexity index is 920. The van der Waals surface area contributed by atoms with Crippen LogP contribution < -0.4 is 15.5 Å². The number of fused-ring (bicyclic) bond motifs is 1. The molecule has 7 nitrogen and oxygen atoms in total. The van der Waals surface area contributed by atoms with Gasteiger partial charge in [0.15, 0.2) is 5.67 Å². The SMILES string of the molecule is CONC1=CC2(CCN(C(=O)C3(F)CCN(CC4CNC4)CC3)CC2)Oc2ccc(F)cc21. The summed E-state index contributed by atoms with van der Waals surface area (Å²) in [6, 6.07) is 4.37. The molecule has 3 fully saturated rings. The Labute approximate surface area is 193 Å². The lowest BCUT2D eigenvalue weighted by molar-refractivity contribution is -0.150. The van der Waals surface area contributed by atoms with Gasteiger partial charge in [-0.1, -0.05) is 0 Å². The highest BCUT2D eigenvalue weighted by molar-refractivity contribution is 5.85. The molecule has 0 saturated carbocycles. The summed E-state index contributed by atoms with van der Waals surface area (Å²) in [6.45, 7) is 5.12. The molecule has 3 saturated heterocycles. The van der Waals surface area contributed by atoms with Gasteiger partial charge >= 0.3 is 0 Å². The number of benzene rings is 1. The summed E-state index contributed by atoms with van der Waals surface area (Å²) in [5, 5.41) is 3.27. The molecule has 5 rings (SSSR count). The molecule has 0 bridgehead atoms. The number of hydrogen-bond donors (Lipinski definition) is 2. The van der Waals surface area contributed by atoms with Gasteiger partial charge in [-0.2, -0.15) is 0 Å². The quantitative estimate of drug-likeness (QED) is 0.654. The minimum Gasteiger partial charge on any atom is -0.482 e. The lowest BCUT2D eigenvalue weighted by Gasteiger charge is -2.45. The molecule has 0 atom stereocenters. The van der Waals surface area contributed by atoms with Crippen molar-refractivity contribution in [2.45, 2.75) is 37.0 Å². The number of amides is 1. The summed E-state index contributed by atoms with van der Waals surface area (Å²) >= 11 is 0. The number of ether oxygens (including phenoxy) is 1. The van der Waals surface area contributed by atoms with Crippen molar-refractivity contribution >= 4 is 11.6 Å². The van der Waals surface area contributed by atoms with E-state index in [0.717, 1.165) is 19.6 Å². The van der Waals surface area contributed by atoms with Crippen molar-refractivity contribution in [1.82, 2.24) is 20.6 Å². The Morgan fingerprint density at radius 2 is 1.94 bits per heavy atom. The largest absolute Gasteiger partial charge is 0.482 e. The van der Waals surface area contributed by atoms with E-state index in [9.17, 15) is 9.18 Å². The smallest absolute Gasteiger partial charge is 0.260 e. The summed E-state index contributed by atoms with van der Waals surface area (Å²) in [5.41, 5.74) is 1.62. The average molecular weight is 463 g/mol. The fourth-order valence-corrected chi connectivity index (χ4v) is 5.35. The molecule has 1 spiro atoms. The first-order valence-electron chi connectivity index (χ1n) is 11.8. The first-order valence-corrected chi connectivity index (χ1v) is 11.8. The van der Waals surface area contributed by atoms with Crippen LogP contribution in [0, 0.1) is 11.7 Å². The van der Waals surface area contributed by atoms with Crippen LogP contribution in [0.5, 0.6) is 5.75 Å². The Morgan fingerprint density at radius 3 is 2.58 bits per heavy atom. The molecule has 9 heteroatoms. The number of alkyl halides is 1. The van der Waals surface area contributed by atoms with Crippen LogP contribution in [0.4, 0.5) is 8.78 Å². The van der Waals surface area contributed by atoms with Crippen LogP contribution in [-0.4, -0.2) is 79.9 Å². The van der Waals surface area contributed by atoms with Crippen molar-refractivity contribution in [2.24, 2.45) is 5.92 Å². The van der Waals surface area contributed by atoms with Gasteiger partial charge in [0.05, 0.1) is 12.8 Å². The van der Waals surface area contributed by atoms with Gasteiger partial charge in [0.2, 0.25) is 0 Å². The van der Waals surface area contributed by atoms with Crippen LogP contribution in [0.15, 0.2) is 24.3 Å². The molecule has 0 radical (unpaired) electrons. The molecular weight excluding hydrogens is 430 g/mol. The molecule has 4 aliphatic rings. The van der Waals surface area contributed by atoms with Crippen molar-refractivity contribution in [3.63, 3.8) is 0 Å². The zero-order chi connectivity index (χ0) is 23.1. The predicted octanol–water partition coefficient (Wildman–Crippen LogP) is 2.09. The van der Waals surface area contributed by atoms with E-state index in [4.69, 9.17) is 9.57 Å². The van der Waals surface area contributed by atoms with Crippen molar-refractivity contribution in [3.05, 3.63) is 35.7 Å². The monoisotopic (exact) mass is 462 g/mol. The maximum Gasteiger partial charge on any atom is 0.260 e. The summed E-state index contributed by atoms with van der Waals surface area (Å²) in [5.74, 6) is 0.462. The molecular formula is C24H32F2N4O3. The normalized spacial score (nSPS) is 24.5. The summed E-state index contributed by atoms with van der Waals surface area (Å²) in [4.78, 5) is 22.2. The molecule has 0 aromatic heterocycles. The number of likely N-dealkylation sites (tertiary alicyclic amines) is 2. The number of halogens is 2. The summed E-state index contributed by atoms with van der Waals surface area (Å²) in [6.07, 6.45) is 3.47. The minimum absolute atomic E-state index is 0.255. The number of piperidine rings is 2. The van der Waals surface area contributed by atoms with E-state index in [0.29, 0.717) is 61.9 Å². The second-order valence-electron chi connectivity index (χ2n) is 9.75. The van der Waals surface area contributed by atoms with Crippen molar-refractivity contribution in [3.8, 4) is 5.75 Å². The van der Waals surface area contributed by atoms with Gasteiger partial charge in [0, 0.05) is 77.1 Å². The van der Waals surface area contributed by atoms with E-state index in [1.807, 2.05) is 6.08 Å². The topological polar surface area (TPSA) is 66.1 Å². The van der Waals surface area contributed by atoms with Gasteiger partial charge in [-0.05, 0) is 30.2 Å². The van der Waals surface area contributed by atoms with Gasteiger partial charge in [-0.3, -0.25) is 15.1 Å². The lowest BCUT2D eigenvalue weighted by Crippen LogP contribution is -2.58. The average Bonchev–Trinajstić information content (AvgIpc) is 2.78. The van der Waals surface area contributed by atoms with Crippen LogP contribution in [0.2, 0.25) is 0 Å². The Morgan fingerprint density at radius 1 is 1.21 bits per heavy atom. The van der Waals surface area contributed by atoms with Crippen molar-refractivity contribution in [1.29, 1.82) is 0 Å². The molecule has 4 aliphatic heterocycles. The molecule has 2 N–H and O–H groups in total. The van der Waals surface area contributed by atoms with Gasteiger partial charge < -0.3 is 19.9 Å². The van der Waals surface area contributed by atoms with Crippen LogP contribution in [0.3, 0.4) is 0 Å². The predicted molar refractivity (Wildman–Crippen MR) is 120 cm³/mol. The number of rotatable bonds is 5. The number of hydrogen-bond acceptors (Lipinski definition) is 6. The van der Waals surface area contributed by atoms with E-state index in [-0.39, 0.29) is 24.6 Å². The fourth-order valence-electron chi connectivity index (χ4n) is 5.35. The van der Waals surface area contributed by atoms with Gasteiger partial charge in [-0.25, -0.2) is 8.78 Å². The zero-order valence-electron chi connectivity index (χ0n) is 19.0. The third-order valence-electron chi connectivity index (χ3n) is 7.48. The number of hydroxylamine groups is 1. The van der Waals surface area contributed by atoms with Crippen molar-refractivity contribution < 1.29 is 23.1 Å². The highest BCUT2D eigenvalue weighted by atomic mass is 19.1. The molecule has 1 aromatic rings. The third kappa shape index (κ3) is 4.46. The first-order chi connectivity index (χ1) is 15.9. The van der Waals surface area contributed by atoms with Crippen LogP contribution in [0.25, 0.3) is 5.70 Å². The number of carbonyl (C=O) groups is 1. The highest BCUT2D eigenvalue weighted by Gasteiger charge is 2.47. The molecule has 180 valence electrons. The standard InChI is InChI=1S/C24H32F2N4O3/c1-32-28-20-13-23(33-21-3-2-18(25)12-19(20)21)4-10-30(11-5-23)22(31)24(26)6-8-29(9-7-24)16-17-14-27-15-17/h2-3,12-13,17,27-28H,4-11,14-16H2,1H3. The molecule has 0 aliphatic carbocycles. The number of carbonyl (C=O) groups excluding carboxylic acids is 1.